The summed E-state index contributed by atoms with van der Waals surface area (Å²) in [5, 5.41) is 6.78. The number of H-pyrrole nitrogens is 1. The summed E-state index contributed by atoms with van der Waals surface area (Å²) in [6, 6.07) is 6.68. The van der Waals surface area contributed by atoms with Gasteiger partial charge in [-0.15, -0.1) is 0 Å². The molecule has 0 aromatic carbocycles. The van der Waals surface area contributed by atoms with E-state index in [1.807, 2.05) is 16.8 Å². The zero-order valence-corrected chi connectivity index (χ0v) is 14.4. The number of aromatic nitrogens is 4. The molecule has 6 nitrogen and oxygen atoms in total. The van der Waals surface area contributed by atoms with Crippen LogP contribution in [0, 0.1) is 5.95 Å². The molecular weight excluding hydrogens is 353 g/mol. The van der Waals surface area contributed by atoms with Gasteiger partial charge in [0.05, 0.1) is 5.56 Å². The standard InChI is InChI=1S/C18H14FN5OS/c19-14-9-11(1-5-20-14)2-6-22-18(25)13-3-7-21-17-15(13)23-16(24-17)12-4-8-26-10-12/h1,3-5,7-10H,2,6H2,(H,22,25)(H,21,23,24). The van der Waals surface area contributed by atoms with Crippen LogP contribution in [-0.4, -0.2) is 32.4 Å². The van der Waals surface area contributed by atoms with Crippen LogP contribution in [0.3, 0.4) is 0 Å². The molecule has 4 aromatic heterocycles. The van der Waals surface area contributed by atoms with Gasteiger partial charge in [-0.1, -0.05) is 0 Å². The van der Waals surface area contributed by atoms with E-state index in [1.165, 1.54) is 12.3 Å². The SMILES string of the molecule is O=C(NCCc1ccnc(F)c1)c1ccnc2[nH]c(-c3ccsc3)nc12. The summed E-state index contributed by atoms with van der Waals surface area (Å²) in [6.07, 6.45) is 3.50. The van der Waals surface area contributed by atoms with Gasteiger partial charge in [-0.25, -0.2) is 15.0 Å². The van der Waals surface area contributed by atoms with E-state index in [9.17, 15) is 9.18 Å². The van der Waals surface area contributed by atoms with Crippen LogP contribution < -0.4 is 5.32 Å². The number of amides is 1. The molecule has 8 heteroatoms. The predicted octanol–water partition coefficient (Wildman–Crippen LogP) is 3.19. The lowest BCUT2D eigenvalue weighted by molar-refractivity contribution is 0.0955. The Labute approximate surface area is 152 Å². The molecule has 0 spiro atoms. The van der Waals surface area contributed by atoms with Gasteiger partial charge >= 0.3 is 0 Å². The first kappa shape index (κ1) is 16.3. The van der Waals surface area contributed by atoms with Gasteiger partial charge in [0.15, 0.2) is 5.65 Å². The molecule has 0 saturated heterocycles. The quantitative estimate of drug-likeness (QED) is 0.531. The topological polar surface area (TPSA) is 83.6 Å². The molecule has 0 atom stereocenters. The van der Waals surface area contributed by atoms with E-state index >= 15 is 0 Å². The Hall–Kier alpha value is -3.13. The minimum atomic E-state index is -0.526. The van der Waals surface area contributed by atoms with E-state index in [2.05, 4.69) is 25.3 Å². The molecule has 0 saturated carbocycles. The van der Waals surface area contributed by atoms with Crippen molar-refractivity contribution >= 4 is 28.4 Å². The molecule has 0 aliphatic rings. The highest BCUT2D eigenvalue weighted by Gasteiger charge is 2.15. The lowest BCUT2D eigenvalue weighted by Crippen LogP contribution is -2.26. The van der Waals surface area contributed by atoms with Crippen molar-refractivity contribution in [2.24, 2.45) is 0 Å². The molecule has 4 aromatic rings. The van der Waals surface area contributed by atoms with Crippen LogP contribution >= 0.6 is 11.3 Å². The summed E-state index contributed by atoms with van der Waals surface area (Å²) in [6.45, 7) is 0.383. The normalized spacial score (nSPS) is 11.0. The fourth-order valence-corrected chi connectivity index (χ4v) is 3.28. The van der Waals surface area contributed by atoms with Gasteiger partial charge in [-0.05, 0) is 41.6 Å². The maximum atomic E-state index is 13.1. The Balaban J connectivity index is 1.51. The van der Waals surface area contributed by atoms with Gasteiger partial charge < -0.3 is 10.3 Å². The minimum absolute atomic E-state index is 0.240. The predicted molar refractivity (Wildman–Crippen MR) is 97.4 cm³/mol. The summed E-state index contributed by atoms with van der Waals surface area (Å²) >= 11 is 1.57. The number of hydrogen-bond acceptors (Lipinski definition) is 5. The van der Waals surface area contributed by atoms with Gasteiger partial charge in [0.25, 0.3) is 5.91 Å². The van der Waals surface area contributed by atoms with Crippen molar-refractivity contribution in [1.29, 1.82) is 0 Å². The van der Waals surface area contributed by atoms with E-state index in [0.29, 0.717) is 35.5 Å². The molecule has 0 radical (unpaired) electrons. The second kappa shape index (κ2) is 7.01. The Morgan fingerprint density at radius 3 is 2.92 bits per heavy atom. The number of imidazole rings is 1. The highest BCUT2D eigenvalue weighted by atomic mass is 32.1. The Kier molecular flexibility index (Phi) is 4.40. The number of halogens is 1. The average Bonchev–Trinajstić information content (AvgIpc) is 3.30. The van der Waals surface area contributed by atoms with Gasteiger partial charge in [-0.2, -0.15) is 15.7 Å². The second-order valence-electron chi connectivity index (χ2n) is 5.65. The third kappa shape index (κ3) is 3.31. The van der Waals surface area contributed by atoms with E-state index in [-0.39, 0.29) is 5.91 Å². The molecule has 4 rings (SSSR count). The molecule has 0 aliphatic heterocycles. The summed E-state index contributed by atoms with van der Waals surface area (Å²) in [4.78, 5) is 28.0. The summed E-state index contributed by atoms with van der Waals surface area (Å²) < 4.78 is 13.1. The third-order valence-corrected chi connectivity index (χ3v) is 4.60. The Morgan fingerprint density at radius 2 is 2.12 bits per heavy atom. The number of carbonyl (C=O) groups excluding carboxylic acids is 1. The maximum Gasteiger partial charge on any atom is 0.253 e. The first-order valence-corrected chi connectivity index (χ1v) is 8.91. The van der Waals surface area contributed by atoms with Gasteiger partial charge in [0.2, 0.25) is 5.95 Å². The first-order chi connectivity index (χ1) is 12.7. The fourth-order valence-electron chi connectivity index (χ4n) is 2.64. The van der Waals surface area contributed by atoms with Crippen molar-refractivity contribution in [3.05, 3.63) is 64.5 Å². The molecule has 0 aliphatic carbocycles. The third-order valence-electron chi connectivity index (χ3n) is 3.91. The monoisotopic (exact) mass is 367 g/mol. The van der Waals surface area contributed by atoms with Crippen LogP contribution in [0.1, 0.15) is 15.9 Å². The summed E-state index contributed by atoms with van der Waals surface area (Å²) in [7, 11) is 0. The summed E-state index contributed by atoms with van der Waals surface area (Å²) in [5.41, 5.74) is 3.28. The highest BCUT2D eigenvalue weighted by molar-refractivity contribution is 7.08. The number of rotatable bonds is 5. The molecule has 1 amide bonds. The summed E-state index contributed by atoms with van der Waals surface area (Å²) in [5.74, 6) is -0.0845. The lowest BCUT2D eigenvalue weighted by Gasteiger charge is -2.05. The minimum Gasteiger partial charge on any atom is -0.352 e. The van der Waals surface area contributed by atoms with Crippen LogP contribution in [-0.2, 0) is 6.42 Å². The van der Waals surface area contributed by atoms with Gasteiger partial charge in [-0.3, -0.25) is 4.79 Å². The average molecular weight is 367 g/mol. The van der Waals surface area contributed by atoms with Crippen LogP contribution in [0.15, 0.2) is 47.4 Å². The Morgan fingerprint density at radius 1 is 1.23 bits per heavy atom. The van der Waals surface area contributed by atoms with Crippen LogP contribution in [0.4, 0.5) is 4.39 Å². The van der Waals surface area contributed by atoms with Crippen molar-refractivity contribution < 1.29 is 9.18 Å². The van der Waals surface area contributed by atoms with Crippen molar-refractivity contribution in [3.8, 4) is 11.4 Å². The number of carbonyl (C=O) groups is 1. The highest BCUT2D eigenvalue weighted by Crippen LogP contribution is 2.23. The number of nitrogens with zero attached hydrogens (tertiary/aromatic N) is 3. The van der Waals surface area contributed by atoms with E-state index in [1.54, 1.807) is 29.7 Å². The van der Waals surface area contributed by atoms with Crippen molar-refractivity contribution in [1.82, 2.24) is 25.3 Å². The molecule has 0 fully saturated rings. The molecular formula is C18H14FN5OS. The van der Waals surface area contributed by atoms with Crippen molar-refractivity contribution in [2.45, 2.75) is 6.42 Å². The van der Waals surface area contributed by atoms with E-state index < -0.39 is 5.95 Å². The second-order valence-corrected chi connectivity index (χ2v) is 6.43. The first-order valence-electron chi connectivity index (χ1n) is 7.96. The van der Waals surface area contributed by atoms with E-state index in [4.69, 9.17) is 0 Å². The van der Waals surface area contributed by atoms with Gasteiger partial charge in [0, 0.05) is 29.9 Å². The number of fused-ring (bicyclic) bond motifs is 1. The molecule has 2 N–H and O–H groups in total. The molecule has 130 valence electrons. The maximum absolute atomic E-state index is 13.1. The van der Waals surface area contributed by atoms with Crippen molar-refractivity contribution in [3.63, 3.8) is 0 Å². The van der Waals surface area contributed by atoms with Crippen LogP contribution in [0.5, 0.6) is 0 Å². The number of hydrogen-bond donors (Lipinski definition) is 2. The number of pyridine rings is 2. The number of nitrogens with one attached hydrogen (secondary N) is 2. The molecule has 0 bridgehead atoms. The Bertz CT molecular complexity index is 1060. The molecule has 0 unspecified atom stereocenters. The van der Waals surface area contributed by atoms with Gasteiger partial charge in [0.1, 0.15) is 11.3 Å². The zero-order valence-electron chi connectivity index (χ0n) is 13.6. The molecule has 26 heavy (non-hydrogen) atoms. The smallest absolute Gasteiger partial charge is 0.253 e. The number of aromatic amines is 1. The van der Waals surface area contributed by atoms with Crippen LogP contribution in [0.25, 0.3) is 22.6 Å². The number of thiophene rings is 1. The van der Waals surface area contributed by atoms with Crippen LogP contribution in [0.2, 0.25) is 0 Å². The fraction of sp³-hybridized carbons (Fsp3) is 0.111. The zero-order chi connectivity index (χ0) is 17.9. The largest absolute Gasteiger partial charge is 0.352 e. The van der Waals surface area contributed by atoms with E-state index in [0.717, 1.165) is 11.1 Å². The molecule has 4 heterocycles. The van der Waals surface area contributed by atoms with Crippen molar-refractivity contribution in [2.75, 3.05) is 6.54 Å². The lowest BCUT2D eigenvalue weighted by atomic mass is 10.2.